The molecule has 0 amide bonds. The summed E-state index contributed by atoms with van der Waals surface area (Å²) >= 11 is 1.48. The quantitative estimate of drug-likeness (QED) is 0.353. The normalized spacial score (nSPS) is 11.4. The first kappa shape index (κ1) is 15.0. The van der Waals surface area contributed by atoms with Gasteiger partial charge in [0.1, 0.15) is 17.8 Å². The molecule has 7 heteroatoms. The Kier molecular flexibility index (Phi) is 4.89. The van der Waals surface area contributed by atoms with Crippen molar-refractivity contribution in [3.63, 3.8) is 0 Å². The molecule has 2 rings (SSSR count). The summed E-state index contributed by atoms with van der Waals surface area (Å²) in [6, 6.07) is 5.66. The van der Waals surface area contributed by atoms with Crippen LogP contribution in [0, 0.1) is 10.1 Å². The SMILES string of the molecule is C=CCn1c([N+](=O)[O-])cnc1C=C(C)Sc1ccccn1. The maximum atomic E-state index is 11.0. The van der Waals surface area contributed by atoms with Crippen molar-refractivity contribution in [1.82, 2.24) is 14.5 Å². The molecular formula is C14H14N4O2S. The molecule has 6 nitrogen and oxygen atoms in total. The standard InChI is InChI=1S/C14H14N4O2S/c1-3-8-17-12(16-10-14(17)18(19)20)9-11(2)21-13-6-4-5-7-15-13/h3-7,9-10H,1,8H2,2H3. The zero-order valence-corrected chi connectivity index (χ0v) is 12.3. The predicted octanol–water partition coefficient (Wildman–Crippen LogP) is 3.53. The Bertz CT molecular complexity index is 680. The fourth-order valence-electron chi connectivity index (χ4n) is 1.74. The molecular weight excluding hydrogens is 288 g/mol. The second kappa shape index (κ2) is 6.85. The van der Waals surface area contributed by atoms with Crippen LogP contribution in [-0.2, 0) is 6.54 Å². The van der Waals surface area contributed by atoms with Gasteiger partial charge in [0.25, 0.3) is 0 Å². The molecule has 0 saturated heterocycles. The van der Waals surface area contributed by atoms with Gasteiger partial charge in [-0.3, -0.25) is 0 Å². The van der Waals surface area contributed by atoms with E-state index in [-0.39, 0.29) is 5.82 Å². The van der Waals surface area contributed by atoms with Crippen LogP contribution in [0.2, 0.25) is 0 Å². The van der Waals surface area contributed by atoms with Gasteiger partial charge in [0.15, 0.2) is 0 Å². The van der Waals surface area contributed by atoms with E-state index in [4.69, 9.17) is 0 Å². The molecule has 0 saturated carbocycles. The van der Waals surface area contributed by atoms with Crippen molar-refractivity contribution in [3.05, 3.63) is 64.1 Å². The van der Waals surface area contributed by atoms with Gasteiger partial charge in [-0.15, -0.1) is 0 Å². The molecule has 0 unspecified atom stereocenters. The largest absolute Gasteiger partial charge is 0.358 e. The molecule has 0 aliphatic heterocycles. The summed E-state index contributed by atoms with van der Waals surface area (Å²) in [5, 5.41) is 11.8. The number of thioether (sulfide) groups is 1. The van der Waals surface area contributed by atoms with E-state index >= 15 is 0 Å². The van der Waals surface area contributed by atoms with Gasteiger partial charge in [-0.2, -0.15) is 0 Å². The minimum Gasteiger partial charge on any atom is -0.358 e. The van der Waals surface area contributed by atoms with Crippen molar-refractivity contribution in [2.75, 3.05) is 0 Å². The zero-order chi connectivity index (χ0) is 15.2. The van der Waals surface area contributed by atoms with Crippen LogP contribution in [0.25, 0.3) is 6.08 Å². The summed E-state index contributed by atoms with van der Waals surface area (Å²) in [6.45, 7) is 5.87. The van der Waals surface area contributed by atoms with Gasteiger partial charge >= 0.3 is 5.82 Å². The van der Waals surface area contributed by atoms with Gasteiger partial charge in [-0.05, 0) is 28.9 Å². The van der Waals surface area contributed by atoms with Crippen LogP contribution in [0.3, 0.4) is 0 Å². The first-order chi connectivity index (χ1) is 10.1. The molecule has 2 aromatic heterocycles. The van der Waals surface area contributed by atoms with Crippen molar-refractivity contribution >= 4 is 23.7 Å². The van der Waals surface area contributed by atoms with Crippen molar-refractivity contribution in [2.24, 2.45) is 0 Å². The van der Waals surface area contributed by atoms with E-state index in [1.165, 1.54) is 22.5 Å². The molecule has 0 atom stereocenters. The fraction of sp³-hybridized carbons (Fsp3) is 0.143. The van der Waals surface area contributed by atoms with E-state index < -0.39 is 4.92 Å². The Hall–Kier alpha value is -2.41. The summed E-state index contributed by atoms with van der Waals surface area (Å²) in [6.07, 6.45) is 6.39. The Balaban J connectivity index is 2.27. The van der Waals surface area contributed by atoms with Crippen LogP contribution in [0.15, 0.2) is 53.2 Å². The molecule has 0 fully saturated rings. The highest BCUT2D eigenvalue weighted by molar-refractivity contribution is 8.03. The Morgan fingerprint density at radius 3 is 2.95 bits per heavy atom. The first-order valence-corrected chi connectivity index (χ1v) is 7.01. The lowest BCUT2D eigenvalue weighted by molar-refractivity contribution is -0.392. The molecule has 21 heavy (non-hydrogen) atoms. The van der Waals surface area contributed by atoms with Crippen LogP contribution in [0.1, 0.15) is 12.7 Å². The maximum absolute atomic E-state index is 11.0. The van der Waals surface area contributed by atoms with Crippen LogP contribution in [0.5, 0.6) is 0 Å². The number of aromatic nitrogens is 3. The number of hydrogen-bond acceptors (Lipinski definition) is 5. The summed E-state index contributed by atoms with van der Waals surface area (Å²) in [4.78, 5) is 19.8. The Labute approximate surface area is 126 Å². The minimum absolute atomic E-state index is 0.0446. The predicted molar refractivity (Wildman–Crippen MR) is 82.8 cm³/mol. The third kappa shape index (κ3) is 3.79. The van der Waals surface area contributed by atoms with Gasteiger partial charge in [0, 0.05) is 12.3 Å². The lowest BCUT2D eigenvalue weighted by Crippen LogP contribution is -2.03. The smallest absolute Gasteiger partial charge is 0.343 e. The summed E-state index contributed by atoms with van der Waals surface area (Å²) in [5.41, 5.74) is 0. The van der Waals surface area contributed by atoms with Crippen LogP contribution >= 0.6 is 11.8 Å². The van der Waals surface area contributed by atoms with Gasteiger partial charge in [0.05, 0.1) is 0 Å². The first-order valence-electron chi connectivity index (χ1n) is 6.20. The van der Waals surface area contributed by atoms with E-state index in [9.17, 15) is 10.1 Å². The fourth-order valence-corrected chi connectivity index (χ4v) is 2.50. The second-order valence-electron chi connectivity index (χ2n) is 4.16. The lowest BCUT2D eigenvalue weighted by atomic mass is 10.4. The number of nitrogens with zero attached hydrogens (tertiary/aromatic N) is 4. The van der Waals surface area contributed by atoms with E-state index in [1.54, 1.807) is 18.3 Å². The van der Waals surface area contributed by atoms with E-state index in [0.717, 1.165) is 9.93 Å². The lowest BCUT2D eigenvalue weighted by Gasteiger charge is -2.01. The number of rotatable bonds is 6. The Morgan fingerprint density at radius 1 is 1.52 bits per heavy atom. The van der Waals surface area contributed by atoms with Gasteiger partial charge < -0.3 is 10.1 Å². The van der Waals surface area contributed by atoms with Gasteiger partial charge in [-0.1, -0.05) is 30.5 Å². The van der Waals surface area contributed by atoms with E-state index in [2.05, 4.69) is 16.5 Å². The van der Waals surface area contributed by atoms with Crippen molar-refractivity contribution in [2.45, 2.75) is 18.5 Å². The highest BCUT2D eigenvalue weighted by atomic mass is 32.2. The van der Waals surface area contributed by atoms with E-state index in [1.807, 2.05) is 25.1 Å². The van der Waals surface area contributed by atoms with Crippen LogP contribution < -0.4 is 0 Å². The maximum Gasteiger partial charge on any atom is 0.343 e. The molecule has 0 spiro atoms. The number of allylic oxidation sites excluding steroid dienone is 2. The van der Waals surface area contributed by atoms with Crippen molar-refractivity contribution in [1.29, 1.82) is 0 Å². The summed E-state index contributed by atoms with van der Waals surface area (Å²) in [7, 11) is 0. The molecule has 0 aliphatic rings. The number of nitro groups is 1. The molecule has 2 heterocycles. The van der Waals surface area contributed by atoms with Crippen LogP contribution in [0.4, 0.5) is 5.82 Å². The molecule has 2 aromatic rings. The highest BCUT2D eigenvalue weighted by Crippen LogP contribution is 2.26. The van der Waals surface area contributed by atoms with Crippen molar-refractivity contribution in [3.8, 4) is 0 Å². The van der Waals surface area contributed by atoms with Crippen molar-refractivity contribution < 1.29 is 4.92 Å². The molecule has 108 valence electrons. The molecule has 0 radical (unpaired) electrons. The molecule has 0 aromatic carbocycles. The average molecular weight is 302 g/mol. The van der Waals surface area contributed by atoms with Crippen LogP contribution in [-0.4, -0.2) is 19.5 Å². The zero-order valence-electron chi connectivity index (χ0n) is 11.5. The molecule has 0 aliphatic carbocycles. The number of hydrogen-bond donors (Lipinski definition) is 0. The topological polar surface area (TPSA) is 73.8 Å². The molecule has 0 bridgehead atoms. The minimum atomic E-state index is -0.449. The monoisotopic (exact) mass is 302 g/mol. The molecule has 0 N–H and O–H groups in total. The third-order valence-electron chi connectivity index (χ3n) is 2.60. The third-order valence-corrected chi connectivity index (χ3v) is 3.49. The van der Waals surface area contributed by atoms with Gasteiger partial charge in [0.2, 0.25) is 5.82 Å². The summed E-state index contributed by atoms with van der Waals surface area (Å²) < 4.78 is 1.51. The van der Waals surface area contributed by atoms with E-state index in [0.29, 0.717) is 12.4 Å². The number of pyridine rings is 1. The highest BCUT2D eigenvalue weighted by Gasteiger charge is 2.17. The van der Waals surface area contributed by atoms with Gasteiger partial charge in [-0.25, -0.2) is 14.5 Å². The Morgan fingerprint density at radius 2 is 2.33 bits per heavy atom. The summed E-state index contributed by atoms with van der Waals surface area (Å²) in [5.74, 6) is 0.485. The average Bonchev–Trinajstić information content (AvgIpc) is 2.83. The second-order valence-corrected chi connectivity index (χ2v) is 5.42. The number of imidazole rings is 1.